The quantitative estimate of drug-likeness (QED) is 0.541. The molecule has 1 saturated heterocycles. The van der Waals surface area contributed by atoms with Crippen molar-refractivity contribution in [2.24, 2.45) is 0 Å². The molecule has 1 saturated carbocycles. The molecule has 0 spiro atoms. The first-order valence-electron chi connectivity index (χ1n) is 4.93. The lowest BCUT2D eigenvalue weighted by molar-refractivity contribution is 0.309. The van der Waals surface area contributed by atoms with E-state index in [1.54, 1.807) is 0 Å². The summed E-state index contributed by atoms with van der Waals surface area (Å²) in [6.07, 6.45) is 6.92. The van der Waals surface area contributed by atoms with Crippen molar-refractivity contribution < 1.29 is 0 Å². The van der Waals surface area contributed by atoms with Crippen LogP contribution < -0.4 is 10.6 Å². The minimum absolute atomic E-state index is 0.784. The maximum absolute atomic E-state index is 3.62. The molecule has 11 heavy (non-hydrogen) atoms. The molecule has 0 aromatic rings. The topological polar surface area (TPSA) is 24.1 Å². The van der Waals surface area contributed by atoms with E-state index in [4.69, 9.17) is 0 Å². The van der Waals surface area contributed by atoms with Crippen LogP contribution in [0.25, 0.3) is 0 Å². The minimum atomic E-state index is 0.784. The van der Waals surface area contributed by atoms with Crippen LogP contribution in [-0.2, 0) is 0 Å². The molecule has 2 nitrogen and oxygen atoms in total. The van der Waals surface area contributed by atoms with Crippen LogP contribution in [0.1, 0.15) is 32.1 Å². The van der Waals surface area contributed by atoms with Gasteiger partial charge in [-0.3, -0.25) is 0 Å². The Morgan fingerprint density at radius 1 is 0.727 bits per heavy atom. The second kappa shape index (κ2) is 3.55. The van der Waals surface area contributed by atoms with E-state index in [1.807, 2.05) is 0 Å². The van der Waals surface area contributed by atoms with E-state index < -0.39 is 0 Å². The zero-order valence-corrected chi connectivity index (χ0v) is 7.10. The second-order valence-electron chi connectivity index (χ2n) is 3.76. The second-order valence-corrected chi connectivity index (χ2v) is 3.76. The highest BCUT2D eigenvalue weighted by Gasteiger charge is 2.25. The molecule has 0 bridgehead atoms. The smallest absolute Gasteiger partial charge is 0.0221 e. The first-order valence-corrected chi connectivity index (χ1v) is 4.93. The Kier molecular flexibility index (Phi) is 2.44. The SMILES string of the molecule is C1CN[C@@H]2CCCC[C@H]2NC1. The van der Waals surface area contributed by atoms with Gasteiger partial charge in [-0.2, -0.15) is 0 Å². The van der Waals surface area contributed by atoms with Crippen molar-refractivity contribution in [3.05, 3.63) is 0 Å². The van der Waals surface area contributed by atoms with E-state index in [2.05, 4.69) is 10.6 Å². The van der Waals surface area contributed by atoms with E-state index in [0.717, 1.165) is 12.1 Å². The fourth-order valence-electron chi connectivity index (χ4n) is 2.28. The summed E-state index contributed by atoms with van der Waals surface area (Å²) >= 11 is 0. The van der Waals surface area contributed by atoms with Crippen LogP contribution >= 0.6 is 0 Å². The molecule has 0 aromatic heterocycles. The third kappa shape index (κ3) is 1.74. The Morgan fingerprint density at radius 2 is 1.27 bits per heavy atom. The fourth-order valence-corrected chi connectivity index (χ4v) is 2.28. The van der Waals surface area contributed by atoms with Gasteiger partial charge in [0.1, 0.15) is 0 Å². The van der Waals surface area contributed by atoms with Gasteiger partial charge in [0.05, 0.1) is 0 Å². The molecule has 1 heterocycles. The van der Waals surface area contributed by atoms with Crippen molar-refractivity contribution in [3.63, 3.8) is 0 Å². The average molecular weight is 154 g/mol. The van der Waals surface area contributed by atoms with Gasteiger partial charge in [-0.25, -0.2) is 0 Å². The minimum Gasteiger partial charge on any atom is -0.312 e. The molecule has 0 unspecified atom stereocenters. The Morgan fingerprint density at radius 3 is 1.82 bits per heavy atom. The average Bonchev–Trinajstić information content (AvgIpc) is 2.28. The Balaban J connectivity index is 1.93. The summed E-state index contributed by atoms with van der Waals surface area (Å²) in [6, 6.07) is 1.57. The summed E-state index contributed by atoms with van der Waals surface area (Å²) in [7, 11) is 0. The van der Waals surface area contributed by atoms with Gasteiger partial charge < -0.3 is 10.6 Å². The number of hydrogen-bond acceptors (Lipinski definition) is 2. The third-order valence-corrected chi connectivity index (χ3v) is 2.93. The van der Waals surface area contributed by atoms with E-state index in [0.29, 0.717) is 0 Å². The van der Waals surface area contributed by atoms with Crippen LogP contribution in [0.3, 0.4) is 0 Å². The molecule has 2 aliphatic rings. The van der Waals surface area contributed by atoms with Crippen LogP contribution in [0, 0.1) is 0 Å². The summed E-state index contributed by atoms with van der Waals surface area (Å²) in [5.41, 5.74) is 0. The highest BCUT2D eigenvalue weighted by atomic mass is 15.0. The molecule has 2 fully saturated rings. The van der Waals surface area contributed by atoms with Crippen LogP contribution in [0.4, 0.5) is 0 Å². The zero-order valence-electron chi connectivity index (χ0n) is 7.10. The number of nitrogens with one attached hydrogen (secondary N) is 2. The first-order chi connectivity index (χ1) is 5.47. The number of fused-ring (bicyclic) bond motifs is 1. The van der Waals surface area contributed by atoms with Crippen molar-refractivity contribution in [2.45, 2.75) is 44.2 Å². The van der Waals surface area contributed by atoms with Gasteiger partial charge in [-0.15, -0.1) is 0 Å². The van der Waals surface area contributed by atoms with Gasteiger partial charge in [0, 0.05) is 12.1 Å². The molecule has 2 rings (SSSR count). The molecule has 1 aliphatic carbocycles. The molecule has 0 amide bonds. The van der Waals surface area contributed by atoms with E-state index in [9.17, 15) is 0 Å². The van der Waals surface area contributed by atoms with Crippen LogP contribution in [0.5, 0.6) is 0 Å². The summed E-state index contributed by atoms with van der Waals surface area (Å²) in [5.74, 6) is 0. The van der Waals surface area contributed by atoms with Crippen LogP contribution in [0.15, 0.2) is 0 Å². The maximum atomic E-state index is 3.62. The van der Waals surface area contributed by atoms with Crippen molar-refractivity contribution in [3.8, 4) is 0 Å². The largest absolute Gasteiger partial charge is 0.312 e. The zero-order chi connectivity index (χ0) is 7.52. The lowest BCUT2D eigenvalue weighted by Crippen LogP contribution is -2.47. The number of rotatable bonds is 0. The van der Waals surface area contributed by atoms with Crippen molar-refractivity contribution in [2.75, 3.05) is 13.1 Å². The van der Waals surface area contributed by atoms with Gasteiger partial charge in [0.25, 0.3) is 0 Å². The van der Waals surface area contributed by atoms with Gasteiger partial charge in [-0.05, 0) is 32.4 Å². The summed E-state index contributed by atoms with van der Waals surface area (Å²) in [5, 5.41) is 7.24. The molecule has 2 atom stereocenters. The molecular formula is C9H18N2. The van der Waals surface area contributed by atoms with E-state index in [1.165, 1.54) is 45.2 Å². The molecule has 64 valence electrons. The highest BCUT2D eigenvalue weighted by molar-refractivity contribution is 4.87. The fraction of sp³-hybridized carbons (Fsp3) is 1.00. The predicted octanol–water partition coefficient (Wildman–Crippen LogP) is 0.880. The first kappa shape index (κ1) is 7.56. The van der Waals surface area contributed by atoms with Crippen LogP contribution in [-0.4, -0.2) is 25.2 Å². The Bertz CT molecular complexity index is 111. The lowest BCUT2D eigenvalue weighted by atomic mass is 9.91. The molecule has 0 radical (unpaired) electrons. The predicted molar refractivity (Wildman–Crippen MR) is 46.7 cm³/mol. The van der Waals surface area contributed by atoms with Crippen molar-refractivity contribution in [1.29, 1.82) is 0 Å². The normalized spacial score (nSPS) is 39.3. The van der Waals surface area contributed by atoms with Crippen molar-refractivity contribution in [1.82, 2.24) is 10.6 Å². The molecule has 0 aromatic carbocycles. The lowest BCUT2D eigenvalue weighted by Gasteiger charge is -2.30. The summed E-state index contributed by atoms with van der Waals surface area (Å²) in [6.45, 7) is 2.43. The van der Waals surface area contributed by atoms with Gasteiger partial charge in [-0.1, -0.05) is 12.8 Å². The van der Waals surface area contributed by atoms with Gasteiger partial charge in [0.2, 0.25) is 0 Å². The van der Waals surface area contributed by atoms with Crippen molar-refractivity contribution >= 4 is 0 Å². The number of hydrogen-bond donors (Lipinski definition) is 2. The molecule has 2 N–H and O–H groups in total. The molecule has 2 heteroatoms. The third-order valence-electron chi connectivity index (χ3n) is 2.93. The maximum Gasteiger partial charge on any atom is 0.0221 e. The standard InChI is InChI=1S/C9H18N2/c1-2-5-9-8(4-1)10-6-3-7-11-9/h8-11H,1-7H2/t8-,9-/m1/s1. The Hall–Kier alpha value is -0.0800. The summed E-state index contributed by atoms with van der Waals surface area (Å²) < 4.78 is 0. The van der Waals surface area contributed by atoms with E-state index >= 15 is 0 Å². The summed E-state index contributed by atoms with van der Waals surface area (Å²) in [4.78, 5) is 0. The molecular weight excluding hydrogens is 136 g/mol. The van der Waals surface area contributed by atoms with E-state index in [-0.39, 0.29) is 0 Å². The Labute approximate surface area is 68.7 Å². The monoisotopic (exact) mass is 154 g/mol. The van der Waals surface area contributed by atoms with Gasteiger partial charge in [0.15, 0.2) is 0 Å². The van der Waals surface area contributed by atoms with Crippen LogP contribution in [0.2, 0.25) is 0 Å². The van der Waals surface area contributed by atoms with Gasteiger partial charge >= 0.3 is 0 Å². The molecule has 1 aliphatic heterocycles. The highest BCUT2D eigenvalue weighted by Crippen LogP contribution is 2.19.